The van der Waals surface area contributed by atoms with Gasteiger partial charge in [0.1, 0.15) is 12.2 Å². The predicted molar refractivity (Wildman–Crippen MR) is 56.4 cm³/mol. The fraction of sp³-hybridized carbons (Fsp3) is 0.700. The highest BCUT2D eigenvalue weighted by atomic mass is 16.5. The third kappa shape index (κ3) is 2.21. The fourth-order valence-corrected chi connectivity index (χ4v) is 2.00. The van der Waals surface area contributed by atoms with E-state index in [1.54, 1.807) is 11.0 Å². The molecular weight excluding hydrogens is 208 g/mol. The Hall–Kier alpha value is -1.43. The van der Waals surface area contributed by atoms with Gasteiger partial charge in [-0.3, -0.25) is 14.4 Å². The number of esters is 1. The topological polar surface area (TPSA) is 60.2 Å². The summed E-state index contributed by atoms with van der Waals surface area (Å²) in [4.78, 5) is 17.7. The van der Waals surface area contributed by atoms with Crippen LogP contribution in [0.2, 0.25) is 0 Å². The Morgan fingerprint density at radius 3 is 3.12 bits per heavy atom. The van der Waals surface area contributed by atoms with Crippen LogP contribution in [0.1, 0.15) is 12.2 Å². The minimum atomic E-state index is -0.111. The third-order valence-corrected chi connectivity index (χ3v) is 2.98. The number of hydrogen-bond acceptors (Lipinski definition) is 5. The first kappa shape index (κ1) is 11.1. The lowest BCUT2D eigenvalue weighted by molar-refractivity contribution is -0.144. The monoisotopic (exact) mass is 224 g/mol. The van der Waals surface area contributed by atoms with E-state index < -0.39 is 0 Å². The van der Waals surface area contributed by atoms with E-state index in [4.69, 9.17) is 4.74 Å². The molecule has 0 spiro atoms. The summed E-state index contributed by atoms with van der Waals surface area (Å²) in [6, 6.07) is 0. The van der Waals surface area contributed by atoms with E-state index in [-0.39, 0.29) is 11.9 Å². The van der Waals surface area contributed by atoms with Gasteiger partial charge in [-0.15, -0.1) is 0 Å². The largest absolute Gasteiger partial charge is 0.469 e. The molecule has 0 N–H and O–H groups in total. The molecule has 6 nitrogen and oxygen atoms in total. The van der Waals surface area contributed by atoms with Gasteiger partial charge in [0.25, 0.3) is 0 Å². The average Bonchev–Trinajstić information content (AvgIpc) is 2.89. The molecule has 1 aromatic rings. The molecule has 1 saturated heterocycles. The highest BCUT2D eigenvalue weighted by molar-refractivity contribution is 5.72. The lowest BCUT2D eigenvalue weighted by Gasteiger charge is -2.14. The number of ether oxygens (including phenoxy) is 1. The van der Waals surface area contributed by atoms with Gasteiger partial charge >= 0.3 is 5.97 Å². The van der Waals surface area contributed by atoms with E-state index in [1.807, 2.05) is 7.05 Å². The summed E-state index contributed by atoms with van der Waals surface area (Å²) < 4.78 is 6.50. The lowest BCUT2D eigenvalue weighted by atomic mass is 10.1. The van der Waals surface area contributed by atoms with Crippen molar-refractivity contribution in [2.75, 3.05) is 20.2 Å². The van der Waals surface area contributed by atoms with Crippen LogP contribution >= 0.6 is 0 Å². The molecule has 0 radical (unpaired) electrons. The maximum absolute atomic E-state index is 11.3. The molecule has 1 aromatic heterocycles. The molecular formula is C10H16N4O2. The van der Waals surface area contributed by atoms with E-state index in [2.05, 4.69) is 15.0 Å². The number of aromatic nitrogens is 3. The quantitative estimate of drug-likeness (QED) is 0.666. The van der Waals surface area contributed by atoms with Crippen LogP contribution in [0.25, 0.3) is 0 Å². The molecule has 1 aliphatic rings. The van der Waals surface area contributed by atoms with Crippen LogP contribution < -0.4 is 0 Å². The Bertz CT molecular complexity index is 377. The van der Waals surface area contributed by atoms with Gasteiger partial charge in [0, 0.05) is 13.6 Å². The minimum absolute atomic E-state index is 0.0122. The summed E-state index contributed by atoms with van der Waals surface area (Å²) in [5, 5.41) is 4.02. The molecule has 1 unspecified atom stereocenters. The van der Waals surface area contributed by atoms with Gasteiger partial charge in [0.05, 0.1) is 19.6 Å². The molecule has 1 atom stereocenters. The number of nitrogens with zero attached hydrogens (tertiary/aromatic N) is 4. The predicted octanol–water partition coefficient (Wildman–Crippen LogP) is -0.190. The molecule has 2 rings (SSSR count). The van der Waals surface area contributed by atoms with Crippen molar-refractivity contribution in [3.63, 3.8) is 0 Å². The molecule has 0 saturated carbocycles. The van der Waals surface area contributed by atoms with Crippen LogP contribution in [0, 0.1) is 5.92 Å². The van der Waals surface area contributed by atoms with Gasteiger partial charge in [0.2, 0.25) is 0 Å². The zero-order valence-corrected chi connectivity index (χ0v) is 9.59. The number of hydrogen-bond donors (Lipinski definition) is 0. The zero-order chi connectivity index (χ0) is 11.5. The summed E-state index contributed by atoms with van der Waals surface area (Å²) in [6.45, 7) is 2.40. The van der Waals surface area contributed by atoms with Gasteiger partial charge in [-0.1, -0.05) is 0 Å². The normalized spacial score (nSPS) is 21.2. The van der Waals surface area contributed by atoms with Crippen LogP contribution in [0.15, 0.2) is 6.33 Å². The van der Waals surface area contributed by atoms with Gasteiger partial charge in [0.15, 0.2) is 0 Å². The van der Waals surface area contributed by atoms with E-state index in [9.17, 15) is 4.79 Å². The van der Waals surface area contributed by atoms with Crippen molar-refractivity contribution < 1.29 is 9.53 Å². The van der Waals surface area contributed by atoms with E-state index in [0.717, 1.165) is 31.9 Å². The van der Waals surface area contributed by atoms with Crippen LogP contribution in [0.3, 0.4) is 0 Å². The van der Waals surface area contributed by atoms with Crippen LogP contribution in [-0.2, 0) is 23.1 Å². The van der Waals surface area contributed by atoms with Gasteiger partial charge in [-0.25, -0.2) is 4.98 Å². The van der Waals surface area contributed by atoms with Crippen molar-refractivity contribution in [3.8, 4) is 0 Å². The molecule has 2 heterocycles. The first-order valence-corrected chi connectivity index (χ1v) is 5.33. The fourth-order valence-electron chi connectivity index (χ4n) is 2.00. The Morgan fingerprint density at radius 2 is 2.50 bits per heavy atom. The Morgan fingerprint density at radius 1 is 1.69 bits per heavy atom. The number of carbonyl (C=O) groups excluding carboxylic acids is 1. The maximum atomic E-state index is 11.3. The first-order valence-electron chi connectivity index (χ1n) is 5.33. The smallest absolute Gasteiger partial charge is 0.310 e. The number of rotatable bonds is 3. The van der Waals surface area contributed by atoms with Crippen LogP contribution in [0.4, 0.5) is 0 Å². The number of likely N-dealkylation sites (tertiary alicyclic amines) is 1. The molecule has 6 heteroatoms. The second kappa shape index (κ2) is 4.61. The second-order valence-electron chi connectivity index (χ2n) is 4.04. The summed E-state index contributed by atoms with van der Waals surface area (Å²) in [7, 11) is 3.31. The molecule has 0 bridgehead atoms. The first-order chi connectivity index (χ1) is 7.70. The Kier molecular flexibility index (Phi) is 3.19. The highest BCUT2D eigenvalue weighted by Crippen LogP contribution is 2.18. The van der Waals surface area contributed by atoms with Crippen LogP contribution in [0.5, 0.6) is 0 Å². The van der Waals surface area contributed by atoms with Gasteiger partial charge in [-0.05, 0) is 13.0 Å². The molecule has 0 aromatic carbocycles. The van der Waals surface area contributed by atoms with Crippen molar-refractivity contribution in [1.82, 2.24) is 19.7 Å². The third-order valence-electron chi connectivity index (χ3n) is 2.98. The van der Waals surface area contributed by atoms with Crippen molar-refractivity contribution >= 4 is 5.97 Å². The number of aryl methyl sites for hydroxylation is 1. The van der Waals surface area contributed by atoms with Gasteiger partial charge in [-0.2, -0.15) is 5.10 Å². The molecule has 0 amide bonds. The second-order valence-corrected chi connectivity index (χ2v) is 4.04. The van der Waals surface area contributed by atoms with Crippen LogP contribution in [-0.4, -0.2) is 45.8 Å². The van der Waals surface area contributed by atoms with Gasteiger partial charge < -0.3 is 4.74 Å². The summed E-state index contributed by atoms with van der Waals surface area (Å²) >= 11 is 0. The highest BCUT2D eigenvalue weighted by Gasteiger charge is 2.29. The molecule has 1 fully saturated rings. The Balaban J connectivity index is 1.90. The van der Waals surface area contributed by atoms with E-state index >= 15 is 0 Å². The molecule has 0 aliphatic carbocycles. The maximum Gasteiger partial charge on any atom is 0.310 e. The number of carbonyl (C=O) groups is 1. The molecule has 16 heavy (non-hydrogen) atoms. The standard InChI is InChI=1S/C10H16N4O2/c1-13-9(11-7-12-13)6-14-4-3-8(5-14)10(15)16-2/h7-8H,3-6H2,1-2H3. The van der Waals surface area contributed by atoms with Crippen molar-refractivity contribution in [1.29, 1.82) is 0 Å². The van der Waals surface area contributed by atoms with Crippen molar-refractivity contribution in [3.05, 3.63) is 12.2 Å². The molecule has 88 valence electrons. The SMILES string of the molecule is COC(=O)C1CCN(Cc2ncnn2C)C1. The van der Waals surface area contributed by atoms with Crippen molar-refractivity contribution in [2.45, 2.75) is 13.0 Å². The Labute approximate surface area is 94.2 Å². The van der Waals surface area contributed by atoms with E-state index in [1.165, 1.54) is 7.11 Å². The minimum Gasteiger partial charge on any atom is -0.469 e. The summed E-state index contributed by atoms with van der Waals surface area (Å²) in [5.41, 5.74) is 0. The summed E-state index contributed by atoms with van der Waals surface area (Å²) in [6.07, 6.45) is 2.41. The summed E-state index contributed by atoms with van der Waals surface area (Å²) in [5.74, 6) is 0.823. The van der Waals surface area contributed by atoms with E-state index in [0.29, 0.717) is 0 Å². The zero-order valence-electron chi connectivity index (χ0n) is 9.59. The number of methoxy groups -OCH3 is 1. The van der Waals surface area contributed by atoms with Crippen molar-refractivity contribution in [2.24, 2.45) is 13.0 Å². The average molecular weight is 224 g/mol. The molecule has 1 aliphatic heterocycles. The lowest BCUT2D eigenvalue weighted by Crippen LogP contribution is -2.25.